The third-order valence-corrected chi connectivity index (χ3v) is 3.49. The Morgan fingerprint density at radius 1 is 1.22 bits per heavy atom. The molecule has 0 bridgehead atoms. The highest BCUT2D eigenvalue weighted by molar-refractivity contribution is 9.09. The molecule has 1 aliphatic rings. The number of hydrogen-bond acceptors (Lipinski definition) is 0. The zero-order chi connectivity index (χ0) is 7.12. The van der Waals surface area contributed by atoms with Gasteiger partial charge in [0.25, 0.3) is 0 Å². The van der Waals surface area contributed by atoms with E-state index in [4.69, 9.17) is 0 Å². The van der Waals surface area contributed by atoms with Crippen LogP contribution in [0.1, 0.15) is 33.6 Å². The third-order valence-electron chi connectivity index (χ3n) is 2.13. The third kappa shape index (κ3) is 1.49. The van der Waals surface area contributed by atoms with E-state index < -0.39 is 0 Å². The van der Waals surface area contributed by atoms with Gasteiger partial charge in [-0.15, -0.1) is 0 Å². The van der Waals surface area contributed by atoms with Crippen molar-refractivity contribution >= 4 is 15.9 Å². The summed E-state index contributed by atoms with van der Waals surface area (Å²) in [4.78, 5) is 0. The average Bonchev–Trinajstić information content (AvgIpc) is 1.61. The predicted molar refractivity (Wildman–Crippen MR) is 44.9 cm³/mol. The zero-order valence-electron chi connectivity index (χ0n) is 6.50. The molecule has 0 heterocycles. The molecule has 0 unspecified atom stereocenters. The number of alkyl halides is 1. The van der Waals surface area contributed by atoms with Crippen molar-refractivity contribution in [2.45, 2.75) is 33.6 Å². The van der Waals surface area contributed by atoms with Crippen LogP contribution in [0.4, 0.5) is 0 Å². The summed E-state index contributed by atoms with van der Waals surface area (Å²) in [7, 11) is 0. The minimum atomic E-state index is 0.615. The highest BCUT2D eigenvalue weighted by atomic mass is 79.9. The summed E-state index contributed by atoms with van der Waals surface area (Å²) in [6.07, 6.45) is 2.76. The first-order valence-corrected chi connectivity index (χ1v) is 4.66. The number of rotatable bonds is 1. The fourth-order valence-electron chi connectivity index (χ4n) is 2.35. The summed E-state index contributed by atoms with van der Waals surface area (Å²) in [5.74, 6) is 0. The molecule has 1 fully saturated rings. The monoisotopic (exact) mass is 190 g/mol. The standard InChI is InChI=1S/C8H15Br/c1-7(2)4-8(3,5-7)6-9/h4-6H2,1-3H3. The largest absolute Gasteiger partial charge is 0.0922 e. The van der Waals surface area contributed by atoms with Gasteiger partial charge in [0, 0.05) is 5.33 Å². The molecule has 0 spiro atoms. The summed E-state index contributed by atoms with van der Waals surface area (Å²) >= 11 is 3.53. The Hall–Kier alpha value is 0.480. The summed E-state index contributed by atoms with van der Waals surface area (Å²) < 4.78 is 0. The molecule has 0 saturated heterocycles. The van der Waals surface area contributed by atoms with Crippen LogP contribution in [0.15, 0.2) is 0 Å². The van der Waals surface area contributed by atoms with Gasteiger partial charge >= 0.3 is 0 Å². The van der Waals surface area contributed by atoms with Crippen LogP contribution in [-0.4, -0.2) is 5.33 Å². The molecule has 0 aromatic heterocycles. The van der Waals surface area contributed by atoms with Crippen molar-refractivity contribution in [2.75, 3.05) is 5.33 Å². The predicted octanol–water partition coefficient (Wildman–Crippen LogP) is 3.21. The summed E-state index contributed by atoms with van der Waals surface area (Å²) in [5, 5.41) is 1.17. The van der Waals surface area contributed by atoms with Crippen molar-refractivity contribution in [3.63, 3.8) is 0 Å². The van der Waals surface area contributed by atoms with E-state index in [1.54, 1.807) is 0 Å². The number of hydrogen-bond donors (Lipinski definition) is 0. The van der Waals surface area contributed by atoms with Gasteiger partial charge in [0.05, 0.1) is 0 Å². The maximum Gasteiger partial charge on any atom is 0.00857 e. The highest BCUT2D eigenvalue weighted by Gasteiger charge is 2.44. The molecule has 0 N–H and O–H groups in total. The van der Waals surface area contributed by atoms with Gasteiger partial charge in [0.15, 0.2) is 0 Å². The Labute approximate surface area is 66.2 Å². The van der Waals surface area contributed by atoms with Crippen LogP contribution in [0.5, 0.6) is 0 Å². The smallest absolute Gasteiger partial charge is 0.00857 e. The van der Waals surface area contributed by atoms with E-state index in [-0.39, 0.29) is 0 Å². The lowest BCUT2D eigenvalue weighted by Gasteiger charge is -2.50. The fraction of sp³-hybridized carbons (Fsp3) is 1.00. The van der Waals surface area contributed by atoms with Gasteiger partial charge in [-0.05, 0) is 23.7 Å². The quantitative estimate of drug-likeness (QED) is 0.558. The van der Waals surface area contributed by atoms with E-state index in [2.05, 4.69) is 36.7 Å². The SMILES string of the molecule is CC1(C)CC(C)(CBr)C1. The lowest BCUT2D eigenvalue weighted by atomic mass is 9.56. The van der Waals surface area contributed by atoms with Gasteiger partial charge < -0.3 is 0 Å². The normalized spacial score (nSPS) is 29.3. The highest BCUT2D eigenvalue weighted by Crippen LogP contribution is 2.54. The van der Waals surface area contributed by atoms with E-state index in [9.17, 15) is 0 Å². The molecule has 0 aromatic rings. The van der Waals surface area contributed by atoms with Gasteiger partial charge in [-0.1, -0.05) is 36.7 Å². The molecular weight excluding hydrogens is 176 g/mol. The van der Waals surface area contributed by atoms with Crippen LogP contribution in [0.3, 0.4) is 0 Å². The lowest BCUT2D eigenvalue weighted by Crippen LogP contribution is -2.41. The molecule has 0 nitrogen and oxygen atoms in total. The van der Waals surface area contributed by atoms with Gasteiger partial charge in [0.2, 0.25) is 0 Å². The van der Waals surface area contributed by atoms with E-state index in [1.807, 2.05) is 0 Å². The minimum absolute atomic E-state index is 0.615. The Kier molecular flexibility index (Phi) is 1.67. The zero-order valence-corrected chi connectivity index (χ0v) is 8.09. The minimum Gasteiger partial charge on any atom is -0.0922 e. The Bertz CT molecular complexity index is 108. The summed E-state index contributed by atoms with van der Waals surface area (Å²) in [6.45, 7) is 7.04. The van der Waals surface area contributed by atoms with E-state index in [0.717, 1.165) is 0 Å². The van der Waals surface area contributed by atoms with Crippen LogP contribution in [0.25, 0.3) is 0 Å². The van der Waals surface area contributed by atoms with Gasteiger partial charge in [-0.3, -0.25) is 0 Å². The van der Waals surface area contributed by atoms with Crippen LogP contribution in [0.2, 0.25) is 0 Å². The topological polar surface area (TPSA) is 0 Å². The first kappa shape index (κ1) is 7.59. The van der Waals surface area contributed by atoms with E-state index >= 15 is 0 Å². The van der Waals surface area contributed by atoms with Gasteiger partial charge in [-0.2, -0.15) is 0 Å². The second kappa shape index (κ2) is 1.98. The van der Waals surface area contributed by atoms with Crippen LogP contribution >= 0.6 is 15.9 Å². The molecule has 54 valence electrons. The van der Waals surface area contributed by atoms with Gasteiger partial charge in [0.1, 0.15) is 0 Å². The Balaban J connectivity index is 2.41. The molecule has 0 atom stereocenters. The van der Waals surface area contributed by atoms with Crippen molar-refractivity contribution in [1.82, 2.24) is 0 Å². The first-order chi connectivity index (χ1) is 3.97. The number of halogens is 1. The van der Waals surface area contributed by atoms with Crippen molar-refractivity contribution in [2.24, 2.45) is 10.8 Å². The summed E-state index contributed by atoms with van der Waals surface area (Å²) in [5.41, 5.74) is 1.24. The van der Waals surface area contributed by atoms with E-state index in [0.29, 0.717) is 10.8 Å². The molecule has 0 amide bonds. The second-order valence-electron chi connectivity index (χ2n) is 4.46. The Morgan fingerprint density at radius 3 is 1.78 bits per heavy atom. The summed E-state index contributed by atoms with van der Waals surface area (Å²) in [6, 6.07) is 0. The molecule has 0 radical (unpaired) electrons. The molecule has 1 rings (SSSR count). The van der Waals surface area contributed by atoms with Crippen LogP contribution in [-0.2, 0) is 0 Å². The second-order valence-corrected chi connectivity index (χ2v) is 5.02. The fourth-order valence-corrected chi connectivity index (χ4v) is 2.75. The molecular formula is C8H15Br. The first-order valence-electron chi connectivity index (χ1n) is 3.54. The molecule has 9 heavy (non-hydrogen) atoms. The lowest BCUT2D eigenvalue weighted by molar-refractivity contribution is 0.0254. The van der Waals surface area contributed by atoms with E-state index in [1.165, 1.54) is 18.2 Å². The molecule has 0 aliphatic heterocycles. The van der Waals surface area contributed by atoms with Gasteiger partial charge in [-0.25, -0.2) is 0 Å². The Morgan fingerprint density at radius 2 is 1.67 bits per heavy atom. The van der Waals surface area contributed by atoms with Crippen LogP contribution in [0, 0.1) is 10.8 Å². The molecule has 1 aliphatic carbocycles. The van der Waals surface area contributed by atoms with Crippen molar-refractivity contribution < 1.29 is 0 Å². The average molecular weight is 191 g/mol. The van der Waals surface area contributed by atoms with Crippen molar-refractivity contribution in [1.29, 1.82) is 0 Å². The van der Waals surface area contributed by atoms with Crippen molar-refractivity contribution in [3.8, 4) is 0 Å². The molecule has 1 heteroatoms. The van der Waals surface area contributed by atoms with Crippen LogP contribution < -0.4 is 0 Å². The maximum atomic E-state index is 3.53. The van der Waals surface area contributed by atoms with Crippen molar-refractivity contribution in [3.05, 3.63) is 0 Å². The maximum absolute atomic E-state index is 3.53. The molecule has 0 aromatic carbocycles. The molecule has 1 saturated carbocycles.